The summed E-state index contributed by atoms with van der Waals surface area (Å²) in [6.45, 7) is 6.19. The number of hydrogen-bond donors (Lipinski definition) is 0. The number of carbonyl (C=O) groups excluding carboxylic acids is 1. The van der Waals surface area contributed by atoms with Crippen LogP contribution in [-0.4, -0.2) is 14.9 Å². The van der Waals surface area contributed by atoms with Gasteiger partial charge in [0.2, 0.25) is 0 Å². The van der Waals surface area contributed by atoms with Crippen molar-refractivity contribution in [1.29, 1.82) is 0 Å². The molecule has 6 rings (SSSR count). The smallest absolute Gasteiger partial charge is 0.178 e. The molecule has 0 saturated carbocycles. The highest BCUT2D eigenvalue weighted by molar-refractivity contribution is 6.10. The molecule has 0 N–H and O–H groups in total. The van der Waals surface area contributed by atoms with E-state index in [0.29, 0.717) is 0 Å². The predicted octanol–water partition coefficient (Wildman–Crippen LogP) is 8.24. The van der Waals surface area contributed by atoms with Crippen molar-refractivity contribution in [3.05, 3.63) is 108 Å². The Morgan fingerprint density at radius 1 is 0.583 bits per heavy atom. The Hall–Kier alpha value is -4.37. The number of benzene rings is 4. The zero-order valence-corrected chi connectivity index (χ0v) is 20.6. The largest absolute Gasteiger partial charge is 0.341 e. The van der Waals surface area contributed by atoms with Gasteiger partial charge >= 0.3 is 0 Å². The molecule has 0 saturated heterocycles. The molecule has 2 aromatic heterocycles. The molecular formula is C33H28N2O. The first-order valence-electron chi connectivity index (χ1n) is 12.6. The van der Waals surface area contributed by atoms with Crippen molar-refractivity contribution in [2.45, 2.75) is 26.9 Å². The summed E-state index contributed by atoms with van der Waals surface area (Å²) in [6, 6.07) is 29.8. The van der Waals surface area contributed by atoms with Crippen LogP contribution in [0.2, 0.25) is 0 Å². The van der Waals surface area contributed by atoms with Gasteiger partial charge in [0.15, 0.2) is 5.78 Å². The van der Waals surface area contributed by atoms with Crippen molar-refractivity contribution in [3.8, 4) is 0 Å². The zero-order chi connectivity index (χ0) is 24.6. The highest BCUT2D eigenvalue weighted by Gasteiger charge is 2.10. The lowest BCUT2D eigenvalue weighted by atomic mass is 10.1. The van der Waals surface area contributed by atoms with E-state index in [1.807, 2.05) is 12.2 Å². The zero-order valence-electron chi connectivity index (χ0n) is 20.6. The van der Waals surface area contributed by atoms with Gasteiger partial charge in [0, 0.05) is 56.7 Å². The van der Waals surface area contributed by atoms with Crippen LogP contribution in [0.25, 0.3) is 55.8 Å². The number of allylic oxidation sites excluding steroid dienone is 2. The second-order valence-electron chi connectivity index (χ2n) is 9.15. The Bertz CT molecular complexity index is 1690. The fourth-order valence-electron chi connectivity index (χ4n) is 5.44. The third-order valence-electron chi connectivity index (χ3n) is 7.11. The number of rotatable bonds is 6. The van der Waals surface area contributed by atoms with E-state index >= 15 is 0 Å². The molecule has 0 aliphatic carbocycles. The molecule has 36 heavy (non-hydrogen) atoms. The number of ketones is 1. The van der Waals surface area contributed by atoms with E-state index in [1.165, 1.54) is 43.6 Å². The topological polar surface area (TPSA) is 26.9 Å². The van der Waals surface area contributed by atoms with E-state index in [4.69, 9.17) is 0 Å². The van der Waals surface area contributed by atoms with Crippen LogP contribution in [0.3, 0.4) is 0 Å². The molecule has 0 unspecified atom stereocenters. The van der Waals surface area contributed by atoms with Crippen LogP contribution in [0.1, 0.15) is 25.0 Å². The van der Waals surface area contributed by atoms with Crippen LogP contribution in [0.15, 0.2) is 97.1 Å². The van der Waals surface area contributed by atoms with E-state index in [-0.39, 0.29) is 5.78 Å². The molecule has 0 aliphatic rings. The minimum Gasteiger partial charge on any atom is -0.341 e. The van der Waals surface area contributed by atoms with Gasteiger partial charge in [-0.2, -0.15) is 0 Å². The molecule has 176 valence electrons. The quantitative estimate of drug-likeness (QED) is 0.226. The first kappa shape index (κ1) is 22.1. The van der Waals surface area contributed by atoms with E-state index in [2.05, 4.69) is 108 Å². The molecule has 0 amide bonds. The molecule has 6 aromatic rings. The number of nitrogens with zero attached hydrogens (tertiary/aromatic N) is 2. The Balaban J connectivity index is 1.27. The maximum atomic E-state index is 12.7. The van der Waals surface area contributed by atoms with Crippen LogP contribution in [0.5, 0.6) is 0 Å². The number of carbonyl (C=O) groups is 1. The van der Waals surface area contributed by atoms with Gasteiger partial charge in [-0.3, -0.25) is 4.79 Å². The maximum Gasteiger partial charge on any atom is 0.178 e. The second kappa shape index (κ2) is 9.01. The monoisotopic (exact) mass is 468 g/mol. The molecule has 3 heteroatoms. The molecule has 3 nitrogen and oxygen atoms in total. The molecule has 0 spiro atoms. The summed E-state index contributed by atoms with van der Waals surface area (Å²) in [4.78, 5) is 12.7. The fraction of sp³-hybridized carbons (Fsp3) is 0.121. The van der Waals surface area contributed by atoms with E-state index < -0.39 is 0 Å². The highest BCUT2D eigenvalue weighted by Crippen LogP contribution is 2.31. The second-order valence-corrected chi connectivity index (χ2v) is 9.15. The van der Waals surface area contributed by atoms with Gasteiger partial charge in [-0.05, 0) is 73.5 Å². The average Bonchev–Trinajstić information content (AvgIpc) is 3.42. The highest BCUT2D eigenvalue weighted by atomic mass is 16.1. The summed E-state index contributed by atoms with van der Waals surface area (Å²) in [5.41, 5.74) is 6.99. The molecule has 0 atom stereocenters. The number of para-hydroxylation sites is 2. The molecule has 0 aliphatic heterocycles. The van der Waals surface area contributed by atoms with Crippen LogP contribution in [-0.2, 0) is 17.9 Å². The summed E-state index contributed by atoms with van der Waals surface area (Å²) in [6.07, 6.45) is 7.11. The summed E-state index contributed by atoms with van der Waals surface area (Å²) in [7, 11) is 0. The summed E-state index contributed by atoms with van der Waals surface area (Å²) < 4.78 is 4.67. The van der Waals surface area contributed by atoms with Gasteiger partial charge in [-0.25, -0.2) is 0 Å². The van der Waals surface area contributed by atoms with Gasteiger partial charge < -0.3 is 9.13 Å². The number of aryl methyl sites for hydroxylation is 2. The van der Waals surface area contributed by atoms with E-state index in [0.717, 1.165) is 24.2 Å². The van der Waals surface area contributed by atoms with Crippen molar-refractivity contribution in [2.24, 2.45) is 0 Å². The first-order valence-corrected chi connectivity index (χ1v) is 12.6. The molecular weight excluding hydrogens is 440 g/mol. The van der Waals surface area contributed by atoms with Crippen molar-refractivity contribution in [2.75, 3.05) is 0 Å². The standard InChI is InChI=1S/C33H28N2O/c1-3-34-30-11-7-5-9-26(30)28-21-23(15-19-32(28)34)13-17-25(36)18-14-24-16-20-33-29(22-24)27-10-6-8-12-31(27)35(33)4-2/h5-22H,3-4H2,1-2H3/b17-13+,18-14+. The third-order valence-corrected chi connectivity index (χ3v) is 7.11. The molecule has 0 radical (unpaired) electrons. The predicted molar refractivity (Wildman–Crippen MR) is 153 cm³/mol. The minimum absolute atomic E-state index is 0.0258. The van der Waals surface area contributed by atoms with Gasteiger partial charge in [0.05, 0.1) is 0 Å². The Morgan fingerprint density at radius 2 is 1.00 bits per heavy atom. The van der Waals surface area contributed by atoms with Crippen molar-refractivity contribution in [1.82, 2.24) is 9.13 Å². The summed E-state index contributed by atoms with van der Waals surface area (Å²) in [5, 5.41) is 4.93. The summed E-state index contributed by atoms with van der Waals surface area (Å²) >= 11 is 0. The van der Waals surface area contributed by atoms with Crippen LogP contribution >= 0.6 is 0 Å². The van der Waals surface area contributed by atoms with E-state index in [1.54, 1.807) is 12.2 Å². The van der Waals surface area contributed by atoms with Gasteiger partial charge in [-0.15, -0.1) is 0 Å². The molecule has 4 aromatic carbocycles. The van der Waals surface area contributed by atoms with Crippen molar-refractivity contribution < 1.29 is 4.79 Å². The summed E-state index contributed by atoms with van der Waals surface area (Å²) in [5.74, 6) is -0.0258. The van der Waals surface area contributed by atoms with Gasteiger partial charge in [-0.1, -0.05) is 60.7 Å². The lowest BCUT2D eigenvalue weighted by Gasteiger charge is -2.02. The fourth-order valence-corrected chi connectivity index (χ4v) is 5.44. The van der Waals surface area contributed by atoms with Crippen LogP contribution in [0.4, 0.5) is 0 Å². The molecule has 2 heterocycles. The van der Waals surface area contributed by atoms with Crippen molar-refractivity contribution in [3.63, 3.8) is 0 Å². The molecule has 0 fully saturated rings. The lowest BCUT2D eigenvalue weighted by molar-refractivity contribution is -0.110. The number of aromatic nitrogens is 2. The van der Waals surface area contributed by atoms with E-state index in [9.17, 15) is 4.79 Å². The normalized spacial score (nSPS) is 12.3. The van der Waals surface area contributed by atoms with Crippen LogP contribution in [0, 0.1) is 0 Å². The van der Waals surface area contributed by atoms with Gasteiger partial charge in [0.1, 0.15) is 0 Å². The average molecular weight is 469 g/mol. The maximum absolute atomic E-state index is 12.7. The van der Waals surface area contributed by atoms with Crippen molar-refractivity contribution >= 4 is 61.5 Å². The Labute approximate surface area is 210 Å². The van der Waals surface area contributed by atoms with Crippen LogP contribution < -0.4 is 0 Å². The Kier molecular flexibility index (Phi) is 5.54. The first-order chi connectivity index (χ1) is 17.7. The number of fused-ring (bicyclic) bond motifs is 6. The number of hydrogen-bond acceptors (Lipinski definition) is 1. The molecule has 0 bridgehead atoms. The SMILES string of the molecule is CCn1c2ccccc2c2cc(/C=C/C(=O)/C=C/c3ccc4c(c3)c3ccccc3n4CC)ccc21. The van der Waals surface area contributed by atoms with Gasteiger partial charge in [0.25, 0.3) is 0 Å². The Morgan fingerprint density at radius 3 is 1.44 bits per heavy atom. The minimum atomic E-state index is -0.0258. The lowest BCUT2D eigenvalue weighted by Crippen LogP contribution is -1.92. The third kappa shape index (κ3) is 3.64.